The minimum atomic E-state index is 0.424. The molecule has 0 amide bonds. The molecule has 2 aromatic rings. The molecule has 0 saturated heterocycles. The predicted octanol–water partition coefficient (Wildman–Crippen LogP) is 1.95. The van der Waals surface area contributed by atoms with E-state index in [0.717, 1.165) is 11.3 Å². The molecule has 2 rings (SSSR count). The lowest BCUT2D eigenvalue weighted by molar-refractivity contribution is 0.0560. The largest absolute Gasteiger partial charge is 0.396 e. The molecule has 1 aromatic carbocycles. The Morgan fingerprint density at radius 1 is 1.31 bits per heavy atom. The summed E-state index contributed by atoms with van der Waals surface area (Å²) in [5.74, 6) is 0. The molecule has 1 heterocycles. The van der Waals surface area contributed by atoms with Gasteiger partial charge < -0.3 is 10.5 Å². The van der Waals surface area contributed by atoms with Gasteiger partial charge in [-0.3, -0.25) is 0 Å². The number of hydrogen-bond acceptors (Lipinski definition) is 3. The lowest BCUT2D eigenvalue weighted by Gasteiger charge is -2.03. The van der Waals surface area contributed by atoms with Gasteiger partial charge in [-0.25, -0.2) is 4.68 Å². The van der Waals surface area contributed by atoms with E-state index in [4.69, 9.17) is 10.5 Å². The number of nitrogen functional groups attached to an aromatic ring is 1. The summed E-state index contributed by atoms with van der Waals surface area (Å²) >= 11 is 0. The molecule has 16 heavy (non-hydrogen) atoms. The Morgan fingerprint density at radius 3 is 2.69 bits per heavy atom. The SMILES string of the molecule is Cc1nn(COCc2ccccc2)cc1N. The van der Waals surface area contributed by atoms with E-state index < -0.39 is 0 Å². The number of nitrogens with zero attached hydrogens (tertiary/aromatic N) is 2. The first-order valence-corrected chi connectivity index (χ1v) is 5.17. The number of rotatable bonds is 4. The van der Waals surface area contributed by atoms with Crippen molar-refractivity contribution < 1.29 is 4.74 Å². The van der Waals surface area contributed by atoms with Gasteiger partial charge in [0.05, 0.1) is 24.2 Å². The zero-order chi connectivity index (χ0) is 11.4. The third kappa shape index (κ3) is 2.61. The first-order chi connectivity index (χ1) is 7.75. The fourth-order valence-electron chi connectivity index (χ4n) is 1.43. The zero-order valence-corrected chi connectivity index (χ0v) is 9.26. The van der Waals surface area contributed by atoms with Crippen LogP contribution in [0.3, 0.4) is 0 Å². The Morgan fingerprint density at radius 2 is 2.06 bits per heavy atom. The molecular weight excluding hydrogens is 202 g/mol. The molecule has 0 aliphatic carbocycles. The highest BCUT2D eigenvalue weighted by Crippen LogP contribution is 2.07. The first-order valence-electron chi connectivity index (χ1n) is 5.17. The highest BCUT2D eigenvalue weighted by atomic mass is 16.5. The van der Waals surface area contributed by atoms with Crippen LogP contribution < -0.4 is 5.73 Å². The summed E-state index contributed by atoms with van der Waals surface area (Å²) in [5, 5.41) is 4.21. The van der Waals surface area contributed by atoms with Crippen LogP contribution in [0.15, 0.2) is 36.5 Å². The van der Waals surface area contributed by atoms with Crippen molar-refractivity contribution in [3.8, 4) is 0 Å². The van der Waals surface area contributed by atoms with E-state index in [1.807, 2.05) is 37.3 Å². The van der Waals surface area contributed by atoms with E-state index in [9.17, 15) is 0 Å². The lowest BCUT2D eigenvalue weighted by atomic mass is 10.2. The maximum Gasteiger partial charge on any atom is 0.139 e. The van der Waals surface area contributed by atoms with Crippen molar-refractivity contribution in [2.75, 3.05) is 5.73 Å². The quantitative estimate of drug-likeness (QED) is 0.851. The standard InChI is InChI=1S/C12H15N3O/c1-10-12(13)7-15(14-10)9-16-8-11-5-3-2-4-6-11/h2-7H,8-9,13H2,1H3. The second kappa shape index (κ2) is 4.81. The van der Waals surface area contributed by atoms with Crippen LogP contribution in [0.1, 0.15) is 11.3 Å². The summed E-state index contributed by atoms with van der Waals surface area (Å²) in [6.07, 6.45) is 1.78. The van der Waals surface area contributed by atoms with Gasteiger partial charge in [-0.05, 0) is 12.5 Å². The molecule has 1 aromatic heterocycles. The fourth-order valence-corrected chi connectivity index (χ4v) is 1.43. The topological polar surface area (TPSA) is 53.1 Å². The smallest absolute Gasteiger partial charge is 0.139 e. The summed E-state index contributed by atoms with van der Waals surface area (Å²) in [4.78, 5) is 0. The van der Waals surface area contributed by atoms with Crippen LogP contribution in [0.2, 0.25) is 0 Å². The van der Waals surface area contributed by atoms with Crippen molar-refractivity contribution in [2.45, 2.75) is 20.3 Å². The van der Waals surface area contributed by atoms with Crippen molar-refractivity contribution in [3.05, 3.63) is 47.8 Å². The van der Waals surface area contributed by atoms with Crippen LogP contribution in [-0.4, -0.2) is 9.78 Å². The minimum absolute atomic E-state index is 0.424. The van der Waals surface area contributed by atoms with Crippen LogP contribution in [0.25, 0.3) is 0 Å². The van der Waals surface area contributed by atoms with E-state index in [2.05, 4.69) is 5.10 Å². The Balaban J connectivity index is 1.84. The van der Waals surface area contributed by atoms with Crippen LogP contribution in [-0.2, 0) is 18.1 Å². The molecule has 0 saturated carbocycles. The highest BCUT2D eigenvalue weighted by Gasteiger charge is 2.00. The Bertz CT molecular complexity index is 431. The minimum Gasteiger partial charge on any atom is -0.396 e. The van der Waals surface area contributed by atoms with E-state index in [-0.39, 0.29) is 0 Å². The molecule has 2 N–H and O–H groups in total. The van der Waals surface area contributed by atoms with Crippen LogP contribution in [0.4, 0.5) is 5.69 Å². The van der Waals surface area contributed by atoms with E-state index in [1.54, 1.807) is 10.9 Å². The second-order valence-corrected chi connectivity index (χ2v) is 3.67. The summed E-state index contributed by atoms with van der Waals surface area (Å²) in [5.41, 5.74) is 8.37. The molecule has 84 valence electrons. The van der Waals surface area contributed by atoms with E-state index >= 15 is 0 Å². The number of benzene rings is 1. The molecule has 4 heteroatoms. The normalized spacial score (nSPS) is 10.6. The molecule has 4 nitrogen and oxygen atoms in total. The molecule has 0 bridgehead atoms. The van der Waals surface area contributed by atoms with Gasteiger partial charge in [0.15, 0.2) is 0 Å². The average molecular weight is 217 g/mol. The van der Waals surface area contributed by atoms with Gasteiger partial charge in [0.2, 0.25) is 0 Å². The fraction of sp³-hybridized carbons (Fsp3) is 0.250. The van der Waals surface area contributed by atoms with Gasteiger partial charge >= 0.3 is 0 Å². The lowest BCUT2D eigenvalue weighted by Crippen LogP contribution is -2.03. The van der Waals surface area contributed by atoms with Crippen molar-refractivity contribution in [2.24, 2.45) is 0 Å². The van der Waals surface area contributed by atoms with E-state index in [0.29, 0.717) is 19.0 Å². The molecule has 0 unspecified atom stereocenters. The predicted molar refractivity (Wildman–Crippen MR) is 62.6 cm³/mol. The van der Waals surface area contributed by atoms with Gasteiger partial charge in [-0.1, -0.05) is 30.3 Å². The number of hydrogen-bond donors (Lipinski definition) is 1. The third-order valence-electron chi connectivity index (χ3n) is 2.32. The van der Waals surface area contributed by atoms with Crippen LogP contribution >= 0.6 is 0 Å². The molecule has 0 aliphatic heterocycles. The summed E-state index contributed by atoms with van der Waals surface area (Å²) in [6, 6.07) is 10.0. The van der Waals surface area contributed by atoms with Crippen molar-refractivity contribution >= 4 is 5.69 Å². The molecule has 0 atom stereocenters. The summed E-state index contributed by atoms with van der Waals surface area (Å²) in [6.45, 7) is 2.88. The molecular formula is C12H15N3O. The number of ether oxygens (including phenoxy) is 1. The van der Waals surface area contributed by atoms with Crippen LogP contribution in [0.5, 0.6) is 0 Å². The van der Waals surface area contributed by atoms with Gasteiger partial charge in [0, 0.05) is 0 Å². The monoisotopic (exact) mass is 217 g/mol. The third-order valence-corrected chi connectivity index (χ3v) is 2.32. The molecule has 0 fully saturated rings. The Hall–Kier alpha value is -1.81. The highest BCUT2D eigenvalue weighted by molar-refractivity contribution is 5.39. The zero-order valence-electron chi connectivity index (χ0n) is 9.26. The van der Waals surface area contributed by atoms with Gasteiger partial charge in [-0.2, -0.15) is 5.10 Å². The van der Waals surface area contributed by atoms with E-state index in [1.165, 1.54) is 0 Å². The average Bonchev–Trinajstić information content (AvgIpc) is 2.60. The van der Waals surface area contributed by atoms with Gasteiger partial charge in [-0.15, -0.1) is 0 Å². The maximum absolute atomic E-state index is 5.68. The van der Waals surface area contributed by atoms with Crippen molar-refractivity contribution in [1.82, 2.24) is 9.78 Å². The van der Waals surface area contributed by atoms with Gasteiger partial charge in [0.25, 0.3) is 0 Å². The number of anilines is 1. The molecule has 0 aliphatic rings. The van der Waals surface area contributed by atoms with Crippen molar-refractivity contribution in [1.29, 1.82) is 0 Å². The second-order valence-electron chi connectivity index (χ2n) is 3.67. The summed E-state index contributed by atoms with van der Waals surface area (Å²) < 4.78 is 7.22. The molecule has 0 spiro atoms. The van der Waals surface area contributed by atoms with Crippen molar-refractivity contribution in [3.63, 3.8) is 0 Å². The number of nitrogens with two attached hydrogens (primary N) is 1. The maximum atomic E-state index is 5.68. The van der Waals surface area contributed by atoms with Gasteiger partial charge in [0.1, 0.15) is 6.73 Å². The Labute approximate surface area is 94.6 Å². The Kier molecular flexibility index (Phi) is 3.22. The summed E-state index contributed by atoms with van der Waals surface area (Å²) in [7, 11) is 0. The number of aromatic nitrogens is 2. The number of aryl methyl sites for hydroxylation is 1. The molecule has 0 radical (unpaired) electrons. The van der Waals surface area contributed by atoms with Crippen LogP contribution in [0, 0.1) is 6.92 Å². The first kappa shape index (κ1) is 10.7.